The topological polar surface area (TPSA) is 79.4 Å². The molecule has 0 saturated heterocycles. The van der Waals surface area contributed by atoms with Crippen LogP contribution >= 0.6 is 11.8 Å². The highest BCUT2D eigenvalue weighted by Crippen LogP contribution is 2.37. The van der Waals surface area contributed by atoms with Crippen LogP contribution in [0.5, 0.6) is 0 Å². The predicted octanol–water partition coefficient (Wildman–Crippen LogP) is 1.13. The van der Waals surface area contributed by atoms with Gasteiger partial charge in [0.15, 0.2) is 0 Å². The quantitative estimate of drug-likeness (QED) is 0.776. The Morgan fingerprint density at radius 1 is 1.50 bits per heavy atom. The van der Waals surface area contributed by atoms with Crippen molar-refractivity contribution in [3.8, 4) is 6.07 Å². The molecule has 0 aliphatic heterocycles. The fraction of sp³-hybridized carbons (Fsp3) is 0.818. The third-order valence-corrected chi connectivity index (χ3v) is 4.44. The van der Waals surface area contributed by atoms with Gasteiger partial charge in [-0.05, 0) is 43.0 Å². The number of hydrogen-bond acceptors (Lipinski definition) is 6. The second-order valence-corrected chi connectivity index (χ2v) is 6.23. The number of nitriles is 1. The van der Waals surface area contributed by atoms with Gasteiger partial charge >= 0.3 is 0 Å². The first kappa shape index (κ1) is 11.9. The van der Waals surface area contributed by atoms with E-state index in [0.717, 1.165) is 18.0 Å². The highest BCUT2D eigenvalue weighted by Gasteiger charge is 2.34. The Morgan fingerprint density at radius 2 is 2.28 bits per heavy atom. The van der Waals surface area contributed by atoms with E-state index >= 15 is 0 Å². The minimum atomic E-state index is -0.494. The molecule has 96 valence electrons. The molecule has 2 saturated carbocycles. The van der Waals surface area contributed by atoms with Crippen LogP contribution in [0.25, 0.3) is 0 Å². The van der Waals surface area contributed by atoms with Gasteiger partial charge in [-0.1, -0.05) is 11.8 Å². The zero-order chi connectivity index (χ0) is 12.6. The molecule has 1 aromatic rings. The first-order valence-electron chi connectivity index (χ1n) is 6.30. The van der Waals surface area contributed by atoms with E-state index in [-0.39, 0.29) is 0 Å². The molecule has 2 fully saturated rings. The summed E-state index contributed by atoms with van der Waals surface area (Å²) in [7, 11) is 0. The predicted molar refractivity (Wildman–Crippen MR) is 67.0 cm³/mol. The Morgan fingerprint density at radius 3 is 2.89 bits per heavy atom. The van der Waals surface area contributed by atoms with Crippen LogP contribution in [0.3, 0.4) is 0 Å². The Kier molecular flexibility index (Phi) is 2.99. The summed E-state index contributed by atoms with van der Waals surface area (Å²) in [5.41, 5.74) is -0.494. The SMILES string of the molecule is CC(C#N)(CSc1nnnn1C1CC1)NC1CC1. The molecule has 6 nitrogen and oxygen atoms in total. The number of hydrogen-bond donors (Lipinski definition) is 1. The van der Waals surface area contributed by atoms with Gasteiger partial charge in [-0.2, -0.15) is 5.26 Å². The average molecular weight is 264 g/mol. The number of thioether (sulfide) groups is 1. The lowest BCUT2D eigenvalue weighted by atomic mass is 10.1. The standard InChI is InChI=1S/C11H16N6S/c1-11(6-12,13-8-2-3-8)7-18-10-14-15-16-17(10)9-4-5-9/h8-9,13H,2-5,7H2,1H3. The third-order valence-electron chi connectivity index (χ3n) is 3.19. The molecule has 7 heteroatoms. The first-order valence-corrected chi connectivity index (χ1v) is 7.28. The lowest BCUT2D eigenvalue weighted by molar-refractivity contribution is 0.489. The van der Waals surface area contributed by atoms with Gasteiger partial charge in [-0.25, -0.2) is 4.68 Å². The molecule has 0 radical (unpaired) electrons. The number of tetrazole rings is 1. The molecular weight excluding hydrogens is 248 g/mol. The molecule has 2 aliphatic rings. The molecule has 0 aromatic carbocycles. The summed E-state index contributed by atoms with van der Waals surface area (Å²) in [4.78, 5) is 0. The third kappa shape index (κ3) is 2.65. The van der Waals surface area contributed by atoms with Gasteiger partial charge < -0.3 is 0 Å². The zero-order valence-electron chi connectivity index (χ0n) is 10.3. The van der Waals surface area contributed by atoms with E-state index in [1.54, 1.807) is 11.8 Å². The van der Waals surface area contributed by atoms with Gasteiger partial charge in [0.2, 0.25) is 5.16 Å². The molecule has 0 bridgehead atoms. The maximum absolute atomic E-state index is 9.30. The Labute approximate surface area is 110 Å². The van der Waals surface area contributed by atoms with Crippen LogP contribution in [0, 0.1) is 11.3 Å². The van der Waals surface area contributed by atoms with Crippen molar-refractivity contribution >= 4 is 11.8 Å². The summed E-state index contributed by atoms with van der Waals surface area (Å²) < 4.78 is 1.89. The summed E-state index contributed by atoms with van der Waals surface area (Å²) in [6.45, 7) is 1.95. The minimum absolute atomic E-state index is 0.479. The van der Waals surface area contributed by atoms with Gasteiger partial charge in [-0.15, -0.1) is 5.10 Å². The zero-order valence-corrected chi connectivity index (χ0v) is 11.2. The maximum Gasteiger partial charge on any atom is 0.209 e. The molecule has 1 heterocycles. The summed E-state index contributed by atoms with van der Waals surface area (Å²) in [5.74, 6) is 0.674. The molecule has 2 aliphatic carbocycles. The molecular formula is C11H16N6S. The highest BCUT2D eigenvalue weighted by molar-refractivity contribution is 7.99. The van der Waals surface area contributed by atoms with Crippen molar-refractivity contribution in [3.05, 3.63) is 0 Å². The Bertz CT molecular complexity index is 472. The van der Waals surface area contributed by atoms with Crippen molar-refractivity contribution in [1.82, 2.24) is 25.5 Å². The van der Waals surface area contributed by atoms with E-state index in [1.165, 1.54) is 12.8 Å². The number of nitrogens with one attached hydrogen (secondary N) is 1. The van der Waals surface area contributed by atoms with Crippen LogP contribution in [0.15, 0.2) is 5.16 Å². The molecule has 0 amide bonds. The summed E-state index contributed by atoms with van der Waals surface area (Å²) >= 11 is 1.57. The van der Waals surface area contributed by atoms with Crippen LogP contribution in [0.2, 0.25) is 0 Å². The second-order valence-electron chi connectivity index (χ2n) is 5.29. The van der Waals surface area contributed by atoms with Crippen molar-refractivity contribution in [1.29, 1.82) is 5.26 Å². The van der Waals surface area contributed by atoms with Gasteiger partial charge in [0.05, 0.1) is 12.1 Å². The fourth-order valence-electron chi connectivity index (χ4n) is 1.82. The van der Waals surface area contributed by atoms with Crippen LogP contribution in [-0.2, 0) is 0 Å². The molecule has 3 rings (SSSR count). The lowest BCUT2D eigenvalue weighted by Crippen LogP contribution is -2.44. The minimum Gasteiger partial charge on any atom is -0.296 e. The van der Waals surface area contributed by atoms with Crippen molar-refractivity contribution in [2.24, 2.45) is 0 Å². The number of aromatic nitrogens is 4. The van der Waals surface area contributed by atoms with Gasteiger partial charge in [0, 0.05) is 11.8 Å². The summed E-state index contributed by atoms with van der Waals surface area (Å²) in [5, 5.41) is 25.3. The van der Waals surface area contributed by atoms with E-state index in [0.29, 0.717) is 17.8 Å². The van der Waals surface area contributed by atoms with Crippen molar-refractivity contribution < 1.29 is 0 Å². The average Bonchev–Trinajstić information content (AvgIpc) is 3.29. The molecule has 18 heavy (non-hydrogen) atoms. The van der Waals surface area contributed by atoms with Crippen molar-refractivity contribution in [2.45, 2.75) is 55.4 Å². The highest BCUT2D eigenvalue weighted by atomic mass is 32.2. The summed E-state index contributed by atoms with van der Waals surface area (Å²) in [6, 6.07) is 3.37. The number of nitrogens with zero attached hydrogens (tertiary/aromatic N) is 5. The van der Waals surface area contributed by atoms with Gasteiger partial charge in [-0.3, -0.25) is 5.32 Å². The Balaban J connectivity index is 1.61. The monoisotopic (exact) mass is 264 g/mol. The van der Waals surface area contributed by atoms with Crippen molar-refractivity contribution in [3.63, 3.8) is 0 Å². The largest absolute Gasteiger partial charge is 0.296 e. The molecule has 0 spiro atoms. The lowest BCUT2D eigenvalue weighted by Gasteiger charge is -2.22. The van der Waals surface area contributed by atoms with E-state index in [1.807, 2.05) is 11.6 Å². The molecule has 1 unspecified atom stereocenters. The number of rotatable bonds is 6. The maximum atomic E-state index is 9.30. The Hall–Kier alpha value is -1.13. The van der Waals surface area contributed by atoms with Gasteiger partial charge in [0.25, 0.3) is 0 Å². The summed E-state index contributed by atoms with van der Waals surface area (Å²) in [6.07, 6.45) is 4.69. The van der Waals surface area contributed by atoms with Crippen LogP contribution in [0.4, 0.5) is 0 Å². The normalized spacial score (nSPS) is 22.4. The molecule has 1 atom stereocenters. The second kappa shape index (κ2) is 4.52. The van der Waals surface area contributed by atoms with Gasteiger partial charge in [0.1, 0.15) is 5.54 Å². The van der Waals surface area contributed by atoms with E-state index in [2.05, 4.69) is 26.9 Å². The van der Waals surface area contributed by atoms with E-state index in [9.17, 15) is 5.26 Å². The van der Waals surface area contributed by atoms with Crippen molar-refractivity contribution in [2.75, 3.05) is 5.75 Å². The smallest absolute Gasteiger partial charge is 0.209 e. The van der Waals surface area contributed by atoms with E-state index in [4.69, 9.17) is 0 Å². The van der Waals surface area contributed by atoms with E-state index < -0.39 is 5.54 Å². The fourth-order valence-corrected chi connectivity index (χ4v) is 2.80. The van der Waals surface area contributed by atoms with Crippen LogP contribution in [0.1, 0.15) is 38.6 Å². The first-order chi connectivity index (χ1) is 8.70. The van der Waals surface area contributed by atoms with Crippen LogP contribution < -0.4 is 5.32 Å². The molecule has 1 N–H and O–H groups in total. The molecule has 1 aromatic heterocycles. The van der Waals surface area contributed by atoms with Crippen LogP contribution in [-0.4, -0.2) is 37.5 Å².